The van der Waals surface area contributed by atoms with Crippen LogP contribution in [0.4, 0.5) is 0 Å². The molecule has 0 radical (unpaired) electrons. The number of carboxylic acid groups (broad SMARTS) is 1. The quantitative estimate of drug-likeness (QED) is 0.668. The van der Waals surface area contributed by atoms with Crippen LogP contribution in [-0.2, 0) is 19.0 Å². The van der Waals surface area contributed by atoms with Crippen molar-refractivity contribution in [1.29, 1.82) is 0 Å². The zero-order valence-corrected chi connectivity index (χ0v) is 17.8. The maximum absolute atomic E-state index is 10.6. The molecule has 32 heavy (non-hydrogen) atoms. The van der Waals surface area contributed by atoms with E-state index in [1.165, 1.54) is 0 Å². The molecule has 9 nitrogen and oxygen atoms in total. The summed E-state index contributed by atoms with van der Waals surface area (Å²) in [4.78, 5) is 10.6. The molecular formula is C23H28O9. The zero-order valence-electron chi connectivity index (χ0n) is 17.8. The Morgan fingerprint density at radius 3 is 1.78 bits per heavy atom. The van der Waals surface area contributed by atoms with Crippen molar-refractivity contribution in [2.75, 3.05) is 59.5 Å². The van der Waals surface area contributed by atoms with Crippen molar-refractivity contribution >= 4 is 5.97 Å². The lowest BCUT2D eigenvalue weighted by Gasteiger charge is -2.21. The van der Waals surface area contributed by atoms with Crippen LogP contribution in [-0.4, -0.2) is 76.6 Å². The smallest absolute Gasteiger partial charge is 0.329 e. The summed E-state index contributed by atoms with van der Waals surface area (Å²) in [5.41, 5.74) is 0. The number of carbonyl (C=O) groups is 1. The van der Waals surface area contributed by atoms with Gasteiger partial charge in [-0.3, -0.25) is 0 Å². The summed E-state index contributed by atoms with van der Waals surface area (Å²) < 4.78 is 39.9. The van der Waals surface area contributed by atoms with Crippen molar-refractivity contribution < 1.29 is 43.1 Å². The minimum Gasteiger partial charge on any atom is -0.487 e. The lowest BCUT2D eigenvalue weighted by molar-refractivity contribution is -0.143. The third-order valence-electron chi connectivity index (χ3n) is 4.33. The first kappa shape index (κ1) is 23.6. The van der Waals surface area contributed by atoms with Gasteiger partial charge in [0, 0.05) is 0 Å². The molecule has 0 bridgehead atoms. The summed E-state index contributed by atoms with van der Waals surface area (Å²) in [5.74, 6) is 1.35. The van der Waals surface area contributed by atoms with Crippen LogP contribution in [0, 0.1) is 0 Å². The fraction of sp³-hybridized carbons (Fsp3) is 0.435. The van der Waals surface area contributed by atoms with E-state index in [0.29, 0.717) is 49.4 Å². The molecule has 3 rings (SSSR count). The zero-order chi connectivity index (χ0) is 22.4. The van der Waals surface area contributed by atoms with Gasteiger partial charge in [0.1, 0.15) is 39.1 Å². The van der Waals surface area contributed by atoms with Crippen LogP contribution in [0.2, 0.25) is 0 Å². The first-order chi connectivity index (χ1) is 15.7. The highest BCUT2D eigenvalue weighted by atomic mass is 16.6. The fourth-order valence-corrected chi connectivity index (χ4v) is 2.84. The lowest BCUT2D eigenvalue weighted by Crippen LogP contribution is -2.30. The van der Waals surface area contributed by atoms with E-state index >= 15 is 0 Å². The topological polar surface area (TPSA) is 102 Å². The third-order valence-corrected chi connectivity index (χ3v) is 4.33. The molecule has 9 heteroatoms. The Kier molecular flexibility index (Phi) is 9.91. The van der Waals surface area contributed by atoms with Crippen LogP contribution < -0.4 is 18.9 Å². The Labute approximate surface area is 186 Å². The summed E-state index contributed by atoms with van der Waals surface area (Å²) in [6, 6.07) is 14.7. The van der Waals surface area contributed by atoms with E-state index in [1.807, 2.05) is 48.5 Å². The number of benzene rings is 2. The highest BCUT2D eigenvalue weighted by Gasteiger charge is 2.16. The van der Waals surface area contributed by atoms with E-state index in [9.17, 15) is 4.79 Å². The number of fused-ring (bicyclic) bond motifs is 2. The number of hydrogen-bond acceptors (Lipinski definition) is 8. The van der Waals surface area contributed by atoms with Gasteiger partial charge in [-0.1, -0.05) is 24.3 Å². The molecule has 174 valence electrons. The van der Waals surface area contributed by atoms with Gasteiger partial charge in [0.15, 0.2) is 23.0 Å². The number of aliphatic carboxylic acids is 1. The molecule has 0 aliphatic carbocycles. The van der Waals surface area contributed by atoms with E-state index in [0.717, 1.165) is 0 Å². The standard InChI is InChI=1S/C23H28O9/c24-23(25)17-27-11-12-28-18-15-31-21-7-3-1-5-19(21)29-13-9-26-10-14-30-20-6-2-4-8-22(20)32-16-18/h1-8,18H,9-17H2,(H,24,25). The van der Waals surface area contributed by atoms with E-state index in [2.05, 4.69) is 0 Å². The average molecular weight is 448 g/mol. The van der Waals surface area contributed by atoms with Gasteiger partial charge in [0.2, 0.25) is 0 Å². The average Bonchev–Trinajstić information content (AvgIpc) is 2.80. The number of ether oxygens (including phenoxy) is 7. The van der Waals surface area contributed by atoms with Gasteiger partial charge in [0.05, 0.1) is 26.4 Å². The molecule has 0 saturated carbocycles. The van der Waals surface area contributed by atoms with Crippen molar-refractivity contribution in [3.05, 3.63) is 48.5 Å². The van der Waals surface area contributed by atoms with Crippen molar-refractivity contribution in [3.8, 4) is 23.0 Å². The molecule has 1 N–H and O–H groups in total. The second-order valence-electron chi connectivity index (χ2n) is 6.76. The predicted molar refractivity (Wildman–Crippen MR) is 114 cm³/mol. The van der Waals surface area contributed by atoms with Gasteiger partial charge in [0.25, 0.3) is 0 Å². The molecule has 0 fully saturated rings. The van der Waals surface area contributed by atoms with Crippen LogP contribution in [0.3, 0.4) is 0 Å². The number of hydrogen-bond donors (Lipinski definition) is 1. The molecule has 0 spiro atoms. The summed E-state index contributed by atoms with van der Waals surface area (Å²) in [6.07, 6.45) is -0.444. The maximum atomic E-state index is 10.6. The third kappa shape index (κ3) is 8.26. The summed E-state index contributed by atoms with van der Waals surface area (Å²) >= 11 is 0. The summed E-state index contributed by atoms with van der Waals surface area (Å²) in [6.45, 7) is 1.93. The highest BCUT2D eigenvalue weighted by Crippen LogP contribution is 2.28. The van der Waals surface area contributed by atoms with Crippen LogP contribution in [0.25, 0.3) is 0 Å². The minimum absolute atomic E-state index is 0.141. The Morgan fingerprint density at radius 1 is 0.781 bits per heavy atom. The van der Waals surface area contributed by atoms with Crippen molar-refractivity contribution in [3.63, 3.8) is 0 Å². The second kappa shape index (κ2) is 13.4. The second-order valence-corrected chi connectivity index (χ2v) is 6.76. The van der Waals surface area contributed by atoms with Gasteiger partial charge in [-0.2, -0.15) is 0 Å². The van der Waals surface area contributed by atoms with Crippen molar-refractivity contribution in [2.45, 2.75) is 6.10 Å². The fourth-order valence-electron chi connectivity index (χ4n) is 2.84. The molecule has 0 unspecified atom stereocenters. The molecule has 1 aliphatic heterocycles. The molecule has 0 aromatic heterocycles. The van der Waals surface area contributed by atoms with Crippen LogP contribution >= 0.6 is 0 Å². The van der Waals surface area contributed by atoms with E-state index in [-0.39, 0.29) is 33.0 Å². The molecular weight excluding hydrogens is 420 g/mol. The van der Waals surface area contributed by atoms with E-state index in [4.69, 9.17) is 38.3 Å². The number of carboxylic acids is 1. The SMILES string of the molecule is O=C(O)COCCOC1COc2ccccc2OCCOCCOc2ccccc2OC1. The summed E-state index contributed by atoms with van der Waals surface area (Å²) in [5, 5.41) is 8.67. The number of rotatable bonds is 6. The normalized spacial score (nSPS) is 15.8. The Hall–Kier alpha value is -3.01. The first-order valence-electron chi connectivity index (χ1n) is 10.4. The largest absolute Gasteiger partial charge is 0.487 e. The molecule has 0 amide bonds. The molecule has 0 saturated heterocycles. The lowest BCUT2D eigenvalue weighted by atomic mass is 10.3. The van der Waals surface area contributed by atoms with Crippen molar-refractivity contribution in [2.24, 2.45) is 0 Å². The van der Waals surface area contributed by atoms with Crippen LogP contribution in [0.15, 0.2) is 48.5 Å². The minimum atomic E-state index is -1.03. The molecule has 2 aromatic carbocycles. The van der Waals surface area contributed by atoms with Gasteiger partial charge < -0.3 is 38.3 Å². The van der Waals surface area contributed by atoms with Crippen LogP contribution in [0.1, 0.15) is 0 Å². The Morgan fingerprint density at radius 2 is 1.28 bits per heavy atom. The summed E-state index contributed by atoms with van der Waals surface area (Å²) in [7, 11) is 0. The molecule has 1 heterocycles. The first-order valence-corrected chi connectivity index (χ1v) is 10.4. The monoisotopic (exact) mass is 448 g/mol. The molecule has 2 aromatic rings. The molecule has 0 atom stereocenters. The van der Waals surface area contributed by atoms with Crippen LogP contribution in [0.5, 0.6) is 23.0 Å². The highest BCUT2D eigenvalue weighted by molar-refractivity contribution is 5.67. The molecule has 1 aliphatic rings. The Balaban J connectivity index is 1.66. The van der Waals surface area contributed by atoms with E-state index in [1.54, 1.807) is 0 Å². The van der Waals surface area contributed by atoms with Crippen molar-refractivity contribution in [1.82, 2.24) is 0 Å². The van der Waals surface area contributed by atoms with Gasteiger partial charge in [-0.25, -0.2) is 4.79 Å². The Bertz CT molecular complexity index is 771. The maximum Gasteiger partial charge on any atom is 0.329 e. The van der Waals surface area contributed by atoms with E-state index < -0.39 is 12.1 Å². The predicted octanol–water partition coefficient (Wildman–Crippen LogP) is 2.42. The van der Waals surface area contributed by atoms with Gasteiger partial charge in [-0.15, -0.1) is 0 Å². The number of para-hydroxylation sites is 4. The van der Waals surface area contributed by atoms with Gasteiger partial charge >= 0.3 is 5.97 Å². The van der Waals surface area contributed by atoms with Gasteiger partial charge in [-0.05, 0) is 24.3 Å².